The number of fused-ring (bicyclic) bond motifs is 1. The first kappa shape index (κ1) is 10.1. The number of rotatable bonds is 1. The number of halogens is 3. The lowest BCUT2D eigenvalue weighted by molar-refractivity contribution is -0.120. The number of piperazine rings is 1. The Morgan fingerprint density at radius 1 is 1.47 bits per heavy atom. The third-order valence-corrected chi connectivity index (χ3v) is 2.41. The van der Waals surface area contributed by atoms with Crippen molar-refractivity contribution in [1.82, 2.24) is 15.2 Å². The van der Waals surface area contributed by atoms with Crippen LogP contribution in [-0.2, 0) is 4.79 Å². The van der Waals surface area contributed by atoms with Crippen LogP contribution in [0.4, 0.5) is 13.2 Å². The predicted molar refractivity (Wildman–Crippen MR) is 44.8 cm³/mol. The van der Waals surface area contributed by atoms with Crippen LogP contribution in [0.1, 0.15) is 0 Å². The zero-order valence-electron chi connectivity index (χ0n) is 7.66. The molecule has 8 heteroatoms. The molecule has 1 fully saturated rings. The van der Waals surface area contributed by atoms with Gasteiger partial charge in [-0.25, -0.2) is 0 Å². The molecule has 2 aliphatic rings. The van der Waals surface area contributed by atoms with E-state index in [1.807, 2.05) is 0 Å². The van der Waals surface area contributed by atoms with Gasteiger partial charge in [-0.15, -0.1) is 0 Å². The van der Waals surface area contributed by atoms with Gasteiger partial charge in [0.05, 0.1) is 6.54 Å². The van der Waals surface area contributed by atoms with Gasteiger partial charge in [-0.3, -0.25) is 10.2 Å². The topological polar surface area (TPSA) is 47.9 Å². The summed E-state index contributed by atoms with van der Waals surface area (Å²) in [6.45, 7) is 0.651. The standard InChI is InChI=1S/C7H9F3N4O/c8-7(9,10)6-12-11-5-3-13(4-15)1-2-14(5)6/h4-5,11H,1-3H2. The normalized spacial score (nSPS) is 25.8. The molecule has 0 aromatic heterocycles. The van der Waals surface area contributed by atoms with Crippen molar-refractivity contribution in [3.63, 3.8) is 0 Å². The van der Waals surface area contributed by atoms with Crippen molar-refractivity contribution in [1.29, 1.82) is 0 Å². The highest BCUT2D eigenvalue weighted by molar-refractivity contribution is 5.89. The van der Waals surface area contributed by atoms with Crippen molar-refractivity contribution >= 4 is 12.2 Å². The highest BCUT2D eigenvalue weighted by atomic mass is 19.4. The van der Waals surface area contributed by atoms with Gasteiger partial charge >= 0.3 is 6.18 Å². The van der Waals surface area contributed by atoms with Gasteiger partial charge < -0.3 is 9.80 Å². The highest BCUT2D eigenvalue weighted by Gasteiger charge is 2.47. The minimum atomic E-state index is -4.44. The number of carbonyl (C=O) groups is 1. The Kier molecular flexibility index (Phi) is 2.20. The summed E-state index contributed by atoms with van der Waals surface area (Å²) in [7, 11) is 0. The van der Waals surface area contributed by atoms with Crippen LogP contribution in [-0.4, -0.2) is 54.0 Å². The second-order valence-corrected chi connectivity index (χ2v) is 3.37. The molecule has 1 atom stereocenters. The monoisotopic (exact) mass is 222 g/mol. The molecular weight excluding hydrogens is 213 g/mol. The van der Waals surface area contributed by atoms with E-state index >= 15 is 0 Å². The lowest BCUT2D eigenvalue weighted by Crippen LogP contribution is -2.57. The van der Waals surface area contributed by atoms with Gasteiger partial charge in [0.15, 0.2) is 0 Å². The summed E-state index contributed by atoms with van der Waals surface area (Å²) in [6, 6.07) is 0. The molecule has 1 unspecified atom stereocenters. The number of hydrogen-bond acceptors (Lipinski definition) is 4. The fourth-order valence-corrected chi connectivity index (χ4v) is 1.69. The molecule has 0 aliphatic carbocycles. The van der Waals surface area contributed by atoms with E-state index in [-0.39, 0.29) is 19.6 Å². The van der Waals surface area contributed by atoms with Crippen molar-refractivity contribution in [2.75, 3.05) is 19.6 Å². The van der Waals surface area contributed by atoms with Crippen molar-refractivity contribution in [3.05, 3.63) is 0 Å². The van der Waals surface area contributed by atoms with Crippen LogP contribution in [0, 0.1) is 0 Å². The number of carbonyl (C=O) groups excluding carboxylic acids is 1. The fraction of sp³-hybridized carbons (Fsp3) is 0.714. The Bertz CT molecular complexity index is 303. The average molecular weight is 222 g/mol. The SMILES string of the molecule is O=CN1CCN2C(C(F)(F)F)=NNC2C1. The molecule has 15 heavy (non-hydrogen) atoms. The zero-order chi connectivity index (χ0) is 11.1. The van der Waals surface area contributed by atoms with E-state index in [1.165, 1.54) is 4.90 Å². The molecule has 0 spiro atoms. The van der Waals surface area contributed by atoms with E-state index in [0.717, 1.165) is 4.90 Å². The highest BCUT2D eigenvalue weighted by Crippen LogP contribution is 2.25. The summed E-state index contributed by atoms with van der Waals surface area (Å²) >= 11 is 0. The third-order valence-electron chi connectivity index (χ3n) is 2.41. The maximum Gasteiger partial charge on any atom is 0.451 e. The Hall–Kier alpha value is -1.47. The summed E-state index contributed by atoms with van der Waals surface area (Å²) < 4.78 is 37.2. The summed E-state index contributed by atoms with van der Waals surface area (Å²) in [5.74, 6) is -0.905. The lowest BCUT2D eigenvalue weighted by Gasteiger charge is -2.36. The van der Waals surface area contributed by atoms with Gasteiger partial charge in [-0.05, 0) is 0 Å². The Labute approximate surface area is 83.5 Å². The van der Waals surface area contributed by atoms with Gasteiger partial charge in [0.1, 0.15) is 6.17 Å². The molecule has 1 amide bonds. The molecule has 0 saturated carbocycles. The minimum absolute atomic E-state index is 0.148. The molecule has 2 heterocycles. The van der Waals surface area contributed by atoms with E-state index in [0.29, 0.717) is 6.41 Å². The summed E-state index contributed by atoms with van der Waals surface area (Å²) in [6.07, 6.45) is -4.36. The first-order valence-electron chi connectivity index (χ1n) is 4.39. The molecule has 1 saturated heterocycles. The fourth-order valence-electron chi connectivity index (χ4n) is 1.69. The first-order chi connectivity index (χ1) is 7.02. The third kappa shape index (κ3) is 1.71. The number of amidine groups is 1. The number of hydrazone groups is 1. The molecule has 0 radical (unpaired) electrons. The molecule has 2 rings (SSSR count). The van der Waals surface area contributed by atoms with Crippen LogP contribution in [0.25, 0.3) is 0 Å². The van der Waals surface area contributed by atoms with Crippen molar-refractivity contribution < 1.29 is 18.0 Å². The van der Waals surface area contributed by atoms with Gasteiger partial charge in [0.25, 0.3) is 0 Å². The van der Waals surface area contributed by atoms with Gasteiger partial charge in [-0.1, -0.05) is 0 Å². The van der Waals surface area contributed by atoms with Crippen LogP contribution in [0.2, 0.25) is 0 Å². The Morgan fingerprint density at radius 2 is 2.20 bits per heavy atom. The van der Waals surface area contributed by atoms with Crippen LogP contribution < -0.4 is 5.43 Å². The van der Waals surface area contributed by atoms with Gasteiger partial charge in [-0.2, -0.15) is 18.3 Å². The van der Waals surface area contributed by atoms with Crippen LogP contribution >= 0.6 is 0 Å². The number of hydrogen-bond donors (Lipinski definition) is 1. The van der Waals surface area contributed by atoms with E-state index in [9.17, 15) is 18.0 Å². The average Bonchev–Trinajstić information content (AvgIpc) is 2.59. The summed E-state index contributed by atoms with van der Waals surface area (Å²) in [5, 5.41) is 3.25. The Balaban J connectivity index is 2.08. The van der Waals surface area contributed by atoms with Crippen LogP contribution in [0.5, 0.6) is 0 Å². The first-order valence-corrected chi connectivity index (χ1v) is 4.39. The number of nitrogens with one attached hydrogen (secondary N) is 1. The minimum Gasteiger partial charge on any atom is -0.339 e. The second-order valence-electron chi connectivity index (χ2n) is 3.37. The number of nitrogens with zero attached hydrogens (tertiary/aromatic N) is 3. The number of alkyl halides is 3. The van der Waals surface area contributed by atoms with Crippen LogP contribution in [0.15, 0.2) is 5.10 Å². The molecule has 0 aromatic rings. The smallest absolute Gasteiger partial charge is 0.339 e. The molecule has 84 valence electrons. The maximum atomic E-state index is 12.4. The molecule has 5 nitrogen and oxygen atoms in total. The largest absolute Gasteiger partial charge is 0.451 e. The van der Waals surface area contributed by atoms with Crippen LogP contribution in [0.3, 0.4) is 0 Å². The van der Waals surface area contributed by atoms with E-state index in [1.54, 1.807) is 0 Å². The van der Waals surface area contributed by atoms with Gasteiger partial charge in [0, 0.05) is 13.1 Å². The van der Waals surface area contributed by atoms with Gasteiger partial charge in [0.2, 0.25) is 12.2 Å². The van der Waals surface area contributed by atoms with E-state index in [2.05, 4.69) is 10.5 Å². The molecule has 0 bridgehead atoms. The molecule has 0 aromatic carbocycles. The zero-order valence-corrected chi connectivity index (χ0v) is 7.66. The maximum absolute atomic E-state index is 12.4. The van der Waals surface area contributed by atoms with Crippen molar-refractivity contribution in [2.24, 2.45) is 5.10 Å². The predicted octanol–water partition coefficient (Wildman–Crippen LogP) is -0.435. The van der Waals surface area contributed by atoms with E-state index < -0.39 is 18.2 Å². The van der Waals surface area contributed by atoms with Crippen molar-refractivity contribution in [2.45, 2.75) is 12.3 Å². The Morgan fingerprint density at radius 3 is 2.80 bits per heavy atom. The quantitative estimate of drug-likeness (QED) is 0.612. The number of amides is 1. The lowest BCUT2D eigenvalue weighted by atomic mass is 10.3. The van der Waals surface area contributed by atoms with Crippen molar-refractivity contribution in [3.8, 4) is 0 Å². The second kappa shape index (κ2) is 3.28. The molecule has 1 N–H and O–H groups in total. The summed E-state index contributed by atoms with van der Waals surface area (Å²) in [5.41, 5.74) is 2.37. The van der Waals surface area contributed by atoms with E-state index in [4.69, 9.17) is 0 Å². The molecular formula is C7H9F3N4O. The molecule has 2 aliphatic heterocycles. The summed E-state index contributed by atoms with van der Waals surface area (Å²) in [4.78, 5) is 13.0.